The quantitative estimate of drug-likeness (QED) is 0.191. The lowest BCUT2D eigenvalue weighted by Gasteiger charge is -2.30. The number of morpholine rings is 1. The van der Waals surface area contributed by atoms with Gasteiger partial charge in [-0.25, -0.2) is 4.98 Å². The van der Waals surface area contributed by atoms with E-state index in [1.165, 1.54) is 12.1 Å². The zero-order valence-corrected chi connectivity index (χ0v) is 21.6. The number of nitro benzene ring substituents is 1. The first-order valence-electron chi connectivity index (χ1n) is 12.0. The molecule has 0 bridgehead atoms. The van der Waals surface area contributed by atoms with Gasteiger partial charge in [0.2, 0.25) is 5.89 Å². The van der Waals surface area contributed by atoms with E-state index in [1.54, 1.807) is 24.3 Å². The van der Waals surface area contributed by atoms with Crippen molar-refractivity contribution in [3.05, 3.63) is 92.9 Å². The van der Waals surface area contributed by atoms with Crippen LogP contribution in [0.1, 0.15) is 10.4 Å². The highest BCUT2D eigenvalue weighted by Crippen LogP contribution is 2.34. The minimum Gasteiger partial charge on any atom is -0.436 e. The predicted octanol–water partition coefficient (Wildman–Crippen LogP) is 6.41. The summed E-state index contributed by atoms with van der Waals surface area (Å²) < 4.78 is 12.5. The maximum absolute atomic E-state index is 13.4. The Labute approximate surface area is 225 Å². The standard InChI is InChI=1S/C28H21BrN4O5/c29-23-6-2-3-19-20(23)4-1-5-21(19)28-31-24-15-17(7-10-26(24)38-28)30-27(34)22-16-18(33(35)36)8-9-25(22)32-11-13-37-14-12-32/h1-10,15-16H,11-14H2,(H,30,34). The van der Waals surface area contributed by atoms with Gasteiger partial charge in [-0.15, -0.1) is 0 Å². The summed E-state index contributed by atoms with van der Waals surface area (Å²) in [5, 5.41) is 16.3. The van der Waals surface area contributed by atoms with Gasteiger partial charge in [-0.2, -0.15) is 0 Å². The van der Waals surface area contributed by atoms with Crippen molar-refractivity contribution >= 4 is 60.8 Å². The summed E-state index contributed by atoms with van der Waals surface area (Å²) >= 11 is 3.59. The largest absolute Gasteiger partial charge is 0.436 e. The van der Waals surface area contributed by atoms with Gasteiger partial charge in [0.05, 0.1) is 29.4 Å². The second-order valence-corrected chi connectivity index (χ2v) is 9.71. The second-order valence-electron chi connectivity index (χ2n) is 8.85. The van der Waals surface area contributed by atoms with E-state index in [9.17, 15) is 14.9 Å². The number of non-ortho nitro benzene ring substituents is 1. The van der Waals surface area contributed by atoms with Crippen molar-refractivity contribution in [3.8, 4) is 11.5 Å². The fraction of sp³-hybridized carbons (Fsp3) is 0.143. The molecule has 0 atom stereocenters. The van der Waals surface area contributed by atoms with Crippen LogP contribution in [-0.4, -0.2) is 42.1 Å². The minimum atomic E-state index is -0.505. The molecule has 1 fully saturated rings. The number of ether oxygens (including phenoxy) is 1. The smallest absolute Gasteiger partial charge is 0.270 e. The average Bonchev–Trinajstić information content (AvgIpc) is 3.36. The Bertz CT molecular complexity index is 1710. The van der Waals surface area contributed by atoms with Crippen LogP contribution in [0, 0.1) is 10.1 Å². The zero-order chi connectivity index (χ0) is 26.2. The number of oxazole rings is 1. The van der Waals surface area contributed by atoms with E-state index in [4.69, 9.17) is 9.15 Å². The topological polar surface area (TPSA) is 111 Å². The molecule has 0 aliphatic carbocycles. The van der Waals surface area contributed by atoms with Gasteiger partial charge < -0.3 is 19.4 Å². The number of nitrogens with zero attached hydrogens (tertiary/aromatic N) is 3. The number of carbonyl (C=O) groups is 1. The van der Waals surface area contributed by atoms with Crippen LogP contribution in [0.25, 0.3) is 33.3 Å². The summed E-state index contributed by atoms with van der Waals surface area (Å²) in [6.07, 6.45) is 0. The van der Waals surface area contributed by atoms with Crippen LogP contribution >= 0.6 is 15.9 Å². The molecule has 0 radical (unpaired) electrons. The molecule has 1 aromatic heterocycles. The second kappa shape index (κ2) is 9.88. The molecule has 0 spiro atoms. The molecule has 1 amide bonds. The van der Waals surface area contributed by atoms with Crippen LogP contribution in [0.4, 0.5) is 17.1 Å². The minimum absolute atomic E-state index is 0.148. The molecule has 2 heterocycles. The highest BCUT2D eigenvalue weighted by Gasteiger charge is 2.22. The molecule has 1 N–H and O–H groups in total. The molecule has 38 heavy (non-hydrogen) atoms. The number of anilines is 2. The lowest BCUT2D eigenvalue weighted by molar-refractivity contribution is -0.384. The highest BCUT2D eigenvalue weighted by molar-refractivity contribution is 9.10. The maximum atomic E-state index is 13.4. The molecule has 1 saturated heterocycles. The lowest BCUT2D eigenvalue weighted by atomic mass is 10.0. The first kappa shape index (κ1) is 24.1. The van der Waals surface area contributed by atoms with Gasteiger partial charge in [-0.05, 0) is 47.2 Å². The van der Waals surface area contributed by atoms with Crippen LogP contribution in [0.15, 0.2) is 81.7 Å². The van der Waals surface area contributed by atoms with E-state index in [1.807, 2.05) is 41.3 Å². The van der Waals surface area contributed by atoms with Crippen molar-refractivity contribution in [3.63, 3.8) is 0 Å². The molecule has 0 saturated carbocycles. The van der Waals surface area contributed by atoms with Crippen molar-refractivity contribution in [1.82, 2.24) is 4.98 Å². The fourth-order valence-corrected chi connectivity index (χ4v) is 5.17. The molecule has 1 aliphatic rings. The number of carbonyl (C=O) groups excluding carboxylic acids is 1. The lowest BCUT2D eigenvalue weighted by Crippen LogP contribution is -2.37. The summed E-state index contributed by atoms with van der Waals surface area (Å²) in [5.41, 5.74) is 3.23. The highest BCUT2D eigenvalue weighted by atomic mass is 79.9. The van der Waals surface area contributed by atoms with Gasteiger partial charge in [0.25, 0.3) is 11.6 Å². The van der Waals surface area contributed by atoms with E-state index >= 15 is 0 Å². The van der Waals surface area contributed by atoms with E-state index in [2.05, 4.69) is 26.2 Å². The van der Waals surface area contributed by atoms with Gasteiger partial charge in [0.15, 0.2) is 5.58 Å². The summed E-state index contributed by atoms with van der Waals surface area (Å²) in [6.45, 7) is 2.24. The number of nitrogens with one attached hydrogen (secondary N) is 1. The molecule has 9 nitrogen and oxygen atoms in total. The van der Waals surface area contributed by atoms with Gasteiger partial charge in [-0.3, -0.25) is 14.9 Å². The fourth-order valence-electron chi connectivity index (χ4n) is 4.68. The van der Waals surface area contributed by atoms with Crippen molar-refractivity contribution < 1.29 is 18.9 Å². The summed E-state index contributed by atoms with van der Waals surface area (Å²) in [7, 11) is 0. The van der Waals surface area contributed by atoms with Crippen molar-refractivity contribution in [2.45, 2.75) is 0 Å². The predicted molar refractivity (Wildman–Crippen MR) is 149 cm³/mol. The van der Waals surface area contributed by atoms with E-state index in [0.29, 0.717) is 54.7 Å². The molecule has 190 valence electrons. The number of halogens is 1. The van der Waals surface area contributed by atoms with Gasteiger partial charge >= 0.3 is 0 Å². The Morgan fingerprint density at radius 2 is 1.79 bits per heavy atom. The Kier molecular flexibility index (Phi) is 6.26. The Morgan fingerprint density at radius 1 is 1.00 bits per heavy atom. The molecular weight excluding hydrogens is 552 g/mol. The first-order valence-corrected chi connectivity index (χ1v) is 12.8. The number of fused-ring (bicyclic) bond motifs is 2. The molecule has 6 rings (SSSR count). The molecule has 0 unspecified atom stereocenters. The van der Waals surface area contributed by atoms with Crippen molar-refractivity contribution in [2.75, 3.05) is 36.5 Å². The number of hydrogen-bond acceptors (Lipinski definition) is 7. The molecule has 5 aromatic rings. The Morgan fingerprint density at radius 3 is 2.61 bits per heavy atom. The van der Waals surface area contributed by atoms with Gasteiger partial charge in [0.1, 0.15) is 5.52 Å². The Hall–Kier alpha value is -4.28. The van der Waals surface area contributed by atoms with E-state index in [-0.39, 0.29) is 11.3 Å². The third-order valence-electron chi connectivity index (χ3n) is 6.53. The number of benzene rings is 4. The van der Waals surface area contributed by atoms with E-state index < -0.39 is 10.8 Å². The summed E-state index contributed by atoms with van der Waals surface area (Å²) in [6, 6.07) is 21.4. The van der Waals surface area contributed by atoms with Crippen LogP contribution in [0.3, 0.4) is 0 Å². The van der Waals surface area contributed by atoms with Crippen LogP contribution in [-0.2, 0) is 4.74 Å². The zero-order valence-electron chi connectivity index (χ0n) is 20.0. The summed E-state index contributed by atoms with van der Waals surface area (Å²) in [4.78, 5) is 30.9. The number of nitro groups is 1. The normalized spacial score (nSPS) is 13.7. The number of rotatable bonds is 5. The molecule has 4 aromatic carbocycles. The van der Waals surface area contributed by atoms with Crippen LogP contribution in [0.2, 0.25) is 0 Å². The van der Waals surface area contributed by atoms with Gasteiger partial charge in [-0.1, -0.05) is 40.2 Å². The molecular formula is C28H21BrN4O5. The number of hydrogen-bond donors (Lipinski definition) is 1. The summed E-state index contributed by atoms with van der Waals surface area (Å²) in [5.74, 6) is 0.0256. The monoisotopic (exact) mass is 572 g/mol. The number of aromatic nitrogens is 1. The SMILES string of the molecule is O=C(Nc1ccc2oc(-c3cccc4c(Br)cccc34)nc2c1)c1cc([N+](=O)[O-])ccc1N1CCOCC1. The van der Waals surface area contributed by atoms with Crippen LogP contribution in [0.5, 0.6) is 0 Å². The van der Waals surface area contributed by atoms with Crippen LogP contribution < -0.4 is 10.2 Å². The van der Waals surface area contributed by atoms with Gasteiger partial charge in [0, 0.05) is 40.9 Å². The molecule has 10 heteroatoms. The first-order chi connectivity index (χ1) is 18.5. The maximum Gasteiger partial charge on any atom is 0.270 e. The number of amides is 1. The van der Waals surface area contributed by atoms with E-state index in [0.717, 1.165) is 20.8 Å². The third-order valence-corrected chi connectivity index (χ3v) is 7.22. The Balaban J connectivity index is 1.33. The third kappa shape index (κ3) is 4.48. The molecule has 1 aliphatic heterocycles. The van der Waals surface area contributed by atoms with Crippen molar-refractivity contribution in [1.29, 1.82) is 0 Å². The average molecular weight is 573 g/mol. The van der Waals surface area contributed by atoms with Crippen molar-refractivity contribution in [2.24, 2.45) is 0 Å².